The van der Waals surface area contributed by atoms with Gasteiger partial charge in [-0.3, -0.25) is 10.1 Å². The van der Waals surface area contributed by atoms with Gasteiger partial charge in [0.25, 0.3) is 5.91 Å². The van der Waals surface area contributed by atoms with Crippen LogP contribution in [0.4, 0.5) is 5.13 Å². The summed E-state index contributed by atoms with van der Waals surface area (Å²) in [6.45, 7) is 6.62. The summed E-state index contributed by atoms with van der Waals surface area (Å²) in [5.41, 5.74) is 3.94. The van der Waals surface area contributed by atoms with Gasteiger partial charge in [0.05, 0.1) is 5.56 Å². The molecule has 5 aromatic rings. The Morgan fingerprint density at radius 2 is 1.97 bits per heavy atom. The van der Waals surface area contributed by atoms with E-state index in [1.54, 1.807) is 6.20 Å². The van der Waals surface area contributed by atoms with Crippen molar-refractivity contribution in [1.29, 1.82) is 0 Å². The van der Waals surface area contributed by atoms with Crippen LogP contribution in [-0.2, 0) is 6.54 Å². The third kappa shape index (κ3) is 4.34. The van der Waals surface area contributed by atoms with E-state index in [-0.39, 0.29) is 5.91 Å². The summed E-state index contributed by atoms with van der Waals surface area (Å²) in [5.74, 6) is -0.137. The molecule has 0 aliphatic carbocycles. The van der Waals surface area contributed by atoms with Crippen LogP contribution in [0.1, 0.15) is 17.3 Å². The van der Waals surface area contributed by atoms with E-state index in [1.807, 2.05) is 61.1 Å². The number of hydrogen-bond acceptors (Lipinski definition) is 3. The molecule has 0 aliphatic rings. The molecule has 0 unspecified atom stereocenters. The lowest BCUT2D eigenvalue weighted by Gasteiger charge is -2.03. The van der Waals surface area contributed by atoms with Gasteiger partial charge in [-0.25, -0.2) is 4.98 Å². The number of thiazole rings is 1. The molecule has 0 spiro atoms. The summed E-state index contributed by atoms with van der Waals surface area (Å²) in [5, 5.41) is 7.48. The van der Waals surface area contributed by atoms with Gasteiger partial charge in [0.15, 0.2) is 5.13 Å². The second-order valence-electron chi connectivity index (χ2n) is 7.00. The number of aromatic amines is 1. The number of allylic oxidation sites excluding steroid dienone is 1. The lowest BCUT2D eigenvalue weighted by atomic mass is 10.1. The highest BCUT2D eigenvalue weighted by atomic mass is 32.1. The highest BCUT2D eigenvalue weighted by molar-refractivity contribution is 7.13. The highest BCUT2D eigenvalue weighted by Crippen LogP contribution is 2.23. The largest absolute Gasteiger partial charge is 0.361 e. The first kappa shape index (κ1) is 19.7. The Balaban J connectivity index is 0.000000200. The molecule has 5 rings (SSSR count). The number of carbonyl (C=O) groups is 1. The van der Waals surface area contributed by atoms with Crippen LogP contribution < -0.4 is 5.32 Å². The molecule has 6 heteroatoms. The van der Waals surface area contributed by atoms with Gasteiger partial charge in [0, 0.05) is 46.9 Å². The third-order valence-electron chi connectivity index (χ3n) is 4.59. The molecule has 0 aliphatic heterocycles. The number of benzene rings is 2. The molecule has 1 amide bonds. The molecule has 0 bridgehead atoms. The Morgan fingerprint density at radius 3 is 2.73 bits per heavy atom. The van der Waals surface area contributed by atoms with Crippen molar-refractivity contribution >= 4 is 44.2 Å². The summed E-state index contributed by atoms with van der Waals surface area (Å²) < 4.78 is 2.05. The van der Waals surface area contributed by atoms with E-state index in [1.165, 1.54) is 22.2 Å². The van der Waals surface area contributed by atoms with Crippen molar-refractivity contribution in [3.63, 3.8) is 0 Å². The molecule has 5 nitrogen and oxygen atoms in total. The van der Waals surface area contributed by atoms with Crippen LogP contribution in [0.2, 0.25) is 0 Å². The van der Waals surface area contributed by atoms with Crippen LogP contribution in [0, 0.1) is 0 Å². The summed E-state index contributed by atoms with van der Waals surface area (Å²) in [7, 11) is 0. The van der Waals surface area contributed by atoms with Crippen LogP contribution in [-0.4, -0.2) is 20.4 Å². The van der Waals surface area contributed by atoms with Gasteiger partial charge >= 0.3 is 0 Å². The average Bonchev–Trinajstić information content (AvgIpc) is 3.48. The molecule has 3 heterocycles. The Kier molecular flexibility index (Phi) is 5.77. The minimum atomic E-state index is -0.137. The first-order valence-corrected chi connectivity index (χ1v) is 10.4. The predicted octanol–water partition coefficient (Wildman–Crippen LogP) is 6.09. The van der Waals surface area contributed by atoms with Crippen molar-refractivity contribution in [2.45, 2.75) is 13.5 Å². The third-order valence-corrected chi connectivity index (χ3v) is 5.28. The van der Waals surface area contributed by atoms with Crippen molar-refractivity contribution < 1.29 is 4.79 Å². The van der Waals surface area contributed by atoms with E-state index < -0.39 is 0 Å². The number of nitrogens with one attached hydrogen (secondary N) is 2. The SMILES string of the molecule is C=C(C)Cn1cc(C(=O)Nc2nccs2)c2ccccc21.c1ccc2[nH]ccc2c1. The maximum absolute atomic E-state index is 12.4. The topological polar surface area (TPSA) is 62.7 Å². The second kappa shape index (κ2) is 8.80. The minimum absolute atomic E-state index is 0.137. The van der Waals surface area contributed by atoms with E-state index in [0.29, 0.717) is 17.2 Å². The first-order chi connectivity index (χ1) is 14.6. The lowest BCUT2D eigenvalue weighted by molar-refractivity contribution is 0.102. The average molecular weight is 415 g/mol. The number of nitrogens with zero attached hydrogens (tertiary/aromatic N) is 2. The molecule has 0 saturated heterocycles. The zero-order chi connectivity index (χ0) is 20.9. The normalized spacial score (nSPS) is 10.6. The molecule has 2 aromatic carbocycles. The quantitative estimate of drug-likeness (QED) is 0.349. The molecule has 2 N–H and O–H groups in total. The fourth-order valence-corrected chi connectivity index (χ4v) is 3.82. The Labute approximate surface area is 178 Å². The first-order valence-electron chi connectivity index (χ1n) is 9.57. The Hall–Kier alpha value is -3.64. The van der Waals surface area contributed by atoms with Crippen molar-refractivity contribution in [3.8, 4) is 0 Å². The number of H-pyrrole nitrogens is 1. The van der Waals surface area contributed by atoms with Crippen LogP contribution >= 0.6 is 11.3 Å². The van der Waals surface area contributed by atoms with E-state index in [4.69, 9.17) is 0 Å². The zero-order valence-corrected chi connectivity index (χ0v) is 17.4. The van der Waals surface area contributed by atoms with Gasteiger partial charge in [-0.15, -0.1) is 11.3 Å². The lowest BCUT2D eigenvalue weighted by Crippen LogP contribution is -2.11. The fraction of sp³-hybridized carbons (Fsp3) is 0.0833. The number of hydrogen-bond donors (Lipinski definition) is 2. The fourth-order valence-electron chi connectivity index (χ4n) is 3.29. The van der Waals surface area contributed by atoms with Gasteiger partial charge < -0.3 is 9.55 Å². The molecule has 150 valence electrons. The molecule has 30 heavy (non-hydrogen) atoms. The molecule has 0 atom stereocenters. The van der Waals surface area contributed by atoms with Crippen LogP contribution in [0.25, 0.3) is 21.8 Å². The van der Waals surface area contributed by atoms with Gasteiger partial charge in [-0.2, -0.15) is 0 Å². The summed E-state index contributed by atoms with van der Waals surface area (Å²) in [6, 6.07) is 18.2. The maximum Gasteiger partial charge on any atom is 0.259 e. The van der Waals surface area contributed by atoms with Crippen LogP contribution in [0.3, 0.4) is 0 Å². The van der Waals surface area contributed by atoms with Gasteiger partial charge in [0.2, 0.25) is 0 Å². The van der Waals surface area contributed by atoms with Gasteiger partial charge in [-0.1, -0.05) is 48.6 Å². The van der Waals surface area contributed by atoms with Crippen molar-refractivity contribution in [3.05, 3.63) is 96.3 Å². The summed E-state index contributed by atoms with van der Waals surface area (Å²) in [4.78, 5) is 19.6. The smallest absolute Gasteiger partial charge is 0.259 e. The Bertz CT molecular complexity index is 1270. The predicted molar refractivity (Wildman–Crippen MR) is 125 cm³/mol. The van der Waals surface area contributed by atoms with Gasteiger partial charge in [0.1, 0.15) is 0 Å². The van der Waals surface area contributed by atoms with Gasteiger partial charge in [-0.05, 0) is 30.5 Å². The summed E-state index contributed by atoms with van der Waals surface area (Å²) >= 11 is 1.40. The highest BCUT2D eigenvalue weighted by Gasteiger charge is 2.15. The number of anilines is 1. The van der Waals surface area contributed by atoms with E-state index in [9.17, 15) is 4.79 Å². The maximum atomic E-state index is 12.4. The number of rotatable bonds is 4. The minimum Gasteiger partial charge on any atom is -0.361 e. The molecule has 3 aromatic heterocycles. The number of amides is 1. The Morgan fingerprint density at radius 1 is 1.17 bits per heavy atom. The monoisotopic (exact) mass is 414 g/mol. The van der Waals surface area contributed by atoms with Crippen LogP contribution in [0.5, 0.6) is 0 Å². The molecular weight excluding hydrogens is 392 g/mol. The second-order valence-corrected chi connectivity index (χ2v) is 7.90. The van der Waals surface area contributed by atoms with E-state index >= 15 is 0 Å². The number of para-hydroxylation sites is 2. The van der Waals surface area contributed by atoms with Crippen molar-refractivity contribution in [1.82, 2.24) is 14.5 Å². The molecule has 0 saturated carbocycles. The number of carbonyl (C=O) groups excluding carboxylic acids is 1. The van der Waals surface area contributed by atoms with E-state index in [2.05, 4.69) is 44.6 Å². The zero-order valence-electron chi connectivity index (χ0n) is 16.6. The van der Waals surface area contributed by atoms with Crippen molar-refractivity contribution in [2.24, 2.45) is 0 Å². The van der Waals surface area contributed by atoms with Crippen molar-refractivity contribution in [2.75, 3.05) is 5.32 Å². The van der Waals surface area contributed by atoms with E-state index in [0.717, 1.165) is 16.5 Å². The summed E-state index contributed by atoms with van der Waals surface area (Å²) in [6.07, 6.45) is 5.50. The van der Waals surface area contributed by atoms with Crippen LogP contribution in [0.15, 0.2) is 90.7 Å². The molecule has 0 radical (unpaired) electrons. The molecular formula is C24H22N4OS. The number of fused-ring (bicyclic) bond motifs is 2. The molecule has 0 fully saturated rings. The number of aromatic nitrogens is 3. The standard InChI is InChI=1S/C16H15N3OS.C8H7N/c1-11(2)9-19-10-13(12-5-3-4-6-14(12)19)15(20)18-16-17-7-8-21-16;1-2-4-8-7(3-1)5-6-9-8/h3-8,10H,1,9H2,2H3,(H,17,18,20);1-6,9H.